The number of benzene rings is 2. The summed E-state index contributed by atoms with van der Waals surface area (Å²) < 4.78 is 5.23. The third-order valence-electron chi connectivity index (χ3n) is 3.70. The highest BCUT2D eigenvalue weighted by atomic mass is 127. The van der Waals surface area contributed by atoms with Gasteiger partial charge in [0.05, 0.1) is 18.6 Å². The van der Waals surface area contributed by atoms with E-state index in [9.17, 15) is 10.1 Å². The van der Waals surface area contributed by atoms with Crippen molar-refractivity contribution >= 4 is 35.6 Å². The standard InChI is InChI=1S/C19H24N4O3.HI/c1-3-11-20-19(22-14-16-5-4-6-18(12-16)26-2)21-13-15-7-9-17(10-8-15)23(24)25;/h4-10,12H,3,11,13-14H2,1-2H3,(H2,20,21,22);1H. The summed E-state index contributed by atoms with van der Waals surface area (Å²) in [5.74, 6) is 1.51. The Labute approximate surface area is 176 Å². The number of hydrogen-bond donors (Lipinski definition) is 2. The molecule has 0 unspecified atom stereocenters. The summed E-state index contributed by atoms with van der Waals surface area (Å²) in [5, 5.41) is 17.2. The van der Waals surface area contributed by atoms with Gasteiger partial charge in [0.15, 0.2) is 5.96 Å². The molecule has 0 radical (unpaired) electrons. The number of ether oxygens (including phenoxy) is 1. The second kappa shape index (κ2) is 12.1. The summed E-state index contributed by atoms with van der Waals surface area (Å²) in [4.78, 5) is 14.9. The second-order valence-electron chi connectivity index (χ2n) is 5.72. The van der Waals surface area contributed by atoms with E-state index in [0.29, 0.717) is 19.0 Å². The number of halogens is 1. The lowest BCUT2D eigenvalue weighted by atomic mass is 10.2. The van der Waals surface area contributed by atoms with Crippen molar-refractivity contribution in [1.82, 2.24) is 10.6 Å². The highest BCUT2D eigenvalue weighted by Gasteiger charge is 2.05. The first-order chi connectivity index (χ1) is 12.6. The zero-order chi connectivity index (χ0) is 18.8. The van der Waals surface area contributed by atoms with Crippen molar-refractivity contribution in [2.24, 2.45) is 4.99 Å². The summed E-state index contributed by atoms with van der Waals surface area (Å²) >= 11 is 0. The molecule has 146 valence electrons. The number of hydrogen-bond acceptors (Lipinski definition) is 4. The average molecular weight is 484 g/mol. The Balaban J connectivity index is 0.00000364. The molecule has 7 nitrogen and oxygen atoms in total. The predicted molar refractivity (Wildman–Crippen MR) is 118 cm³/mol. The number of rotatable bonds is 8. The van der Waals surface area contributed by atoms with E-state index in [4.69, 9.17) is 4.74 Å². The van der Waals surface area contributed by atoms with Crippen LogP contribution in [0.1, 0.15) is 24.5 Å². The normalized spacial score (nSPS) is 10.7. The van der Waals surface area contributed by atoms with Gasteiger partial charge in [-0.25, -0.2) is 4.99 Å². The molecule has 27 heavy (non-hydrogen) atoms. The molecule has 8 heteroatoms. The second-order valence-corrected chi connectivity index (χ2v) is 5.72. The van der Waals surface area contributed by atoms with Crippen molar-refractivity contribution in [3.8, 4) is 5.75 Å². The predicted octanol–water partition coefficient (Wildman–Crippen LogP) is 3.87. The molecule has 0 aromatic heterocycles. The SMILES string of the molecule is CCCNC(=NCc1cccc(OC)c1)NCc1ccc([N+](=O)[O-])cc1.I. The largest absolute Gasteiger partial charge is 0.497 e. The number of nitrogens with zero attached hydrogens (tertiary/aromatic N) is 2. The number of guanidine groups is 1. The molecule has 2 rings (SSSR count). The first-order valence-corrected chi connectivity index (χ1v) is 8.51. The Bertz CT molecular complexity index is 751. The Morgan fingerprint density at radius 3 is 2.52 bits per heavy atom. The van der Waals surface area contributed by atoms with Gasteiger partial charge in [0.2, 0.25) is 0 Å². The van der Waals surface area contributed by atoms with E-state index in [1.807, 2.05) is 24.3 Å². The van der Waals surface area contributed by atoms with Crippen molar-refractivity contribution in [2.75, 3.05) is 13.7 Å². The lowest BCUT2D eigenvalue weighted by Gasteiger charge is -2.12. The number of non-ortho nitro benzene ring substituents is 1. The van der Waals surface area contributed by atoms with Gasteiger partial charge < -0.3 is 15.4 Å². The van der Waals surface area contributed by atoms with Crippen LogP contribution in [-0.4, -0.2) is 24.5 Å². The molecular weight excluding hydrogens is 459 g/mol. The molecule has 0 saturated heterocycles. The minimum absolute atomic E-state index is 0. The van der Waals surface area contributed by atoms with Crippen LogP contribution in [0.25, 0.3) is 0 Å². The van der Waals surface area contributed by atoms with E-state index >= 15 is 0 Å². The Morgan fingerprint density at radius 2 is 1.89 bits per heavy atom. The summed E-state index contributed by atoms with van der Waals surface area (Å²) in [5.41, 5.74) is 2.09. The summed E-state index contributed by atoms with van der Waals surface area (Å²) in [6.45, 7) is 3.95. The quantitative estimate of drug-likeness (QED) is 0.195. The van der Waals surface area contributed by atoms with Gasteiger partial charge in [-0.3, -0.25) is 10.1 Å². The first-order valence-electron chi connectivity index (χ1n) is 8.51. The molecule has 0 atom stereocenters. The molecule has 0 amide bonds. The van der Waals surface area contributed by atoms with Crippen molar-refractivity contribution in [3.63, 3.8) is 0 Å². The zero-order valence-corrected chi connectivity index (χ0v) is 17.8. The Morgan fingerprint density at radius 1 is 1.15 bits per heavy atom. The molecule has 0 saturated carbocycles. The fraction of sp³-hybridized carbons (Fsp3) is 0.316. The maximum atomic E-state index is 10.7. The van der Waals surface area contributed by atoms with Crippen molar-refractivity contribution < 1.29 is 9.66 Å². The van der Waals surface area contributed by atoms with Crippen LogP contribution in [0.15, 0.2) is 53.5 Å². The van der Waals surface area contributed by atoms with Crippen LogP contribution in [0.3, 0.4) is 0 Å². The van der Waals surface area contributed by atoms with E-state index in [1.165, 1.54) is 12.1 Å². The van der Waals surface area contributed by atoms with Crippen LogP contribution in [-0.2, 0) is 13.1 Å². The van der Waals surface area contributed by atoms with Crippen LogP contribution in [0.2, 0.25) is 0 Å². The summed E-state index contributed by atoms with van der Waals surface area (Å²) in [6.07, 6.45) is 0.984. The molecule has 2 aromatic rings. The number of nitrogens with one attached hydrogen (secondary N) is 2. The third kappa shape index (κ3) is 7.81. The van der Waals surface area contributed by atoms with Gasteiger partial charge in [-0.15, -0.1) is 24.0 Å². The van der Waals surface area contributed by atoms with Crippen LogP contribution >= 0.6 is 24.0 Å². The van der Waals surface area contributed by atoms with E-state index in [-0.39, 0.29) is 29.7 Å². The lowest BCUT2D eigenvalue weighted by molar-refractivity contribution is -0.384. The number of nitro groups is 1. The number of methoxy groups -OCH3 is 1. The van der Waals surface area contributed by atoms with Gasteiger partial charge in [-0.05, 0) is 29.7 Å². The molecule has 0 aliphatic carbocycles. The molecule has 2 aromatic carbocycles. The molecule has 0 bridgehead atoms. The topological polar surface area (TPSA) is 88.8 Å². The maximum Gasteiger partial charge on any atom is 0.269 e. The smallest absolute Gasteiger partial charge is 0.269 e. The highest BCUT2D eigenvalue weighted by molar-refractivity contribution is 14.0. The van der Waals surface area contributed by atoms with Gasteiger partial charge in [-0.2, -0.15) is 0 Å². The fourth-order valence-electron chi connectivity index (χ4n) is 2.28. The summed E-state index contributed by atoms with van der Waals surface area (Å²) in [6, 6.07) is 14.3. The van der Waals surface area contributed by atoms with Crippen LogP contribution < -0.4 is 15.4 Å². The monoisotopic (exact) mass is 484 g/mol. The van der Waals surface area contributed by atoms with Gasteiger partial charge >= 0.3 is 0 Å². The van der Waals surface area contributed by atoms with Gasteiger partial charge in [0, 0.05) is 25.2 Å². The van der Waals surface area contributed by atoms with Crippen LogP contribution in [0.4, 0.5) is 5.69 Å². The fourth-order valence-corrected chi connectivity index (χ4v) is 2.28. The number of aliphatic imine (C=N–C) groups is 1. The van der Waals surface area contributed by atoms with Crippen LogP contribution in [0.5, 0.6) is 5.75 Å². The minimum atomic E-state index is -0.402. The van der Waals surface area contributed by atoms with Crippen LogP contribution in [0, 0.1) is 10.1 Å². The maximum absolute atomic E-state index is 10.7. The van der Waals surface area contributed by atoms with Crippen molar-refractivity contribution in [2.45, 2.75) is 26.4 Å². The first kappa shape index (κ1) is 22.7. The summed E-state index contributed by atoms with van der Waals surface area (Å²) in [7, 11) is 1.64. The molecule has 0 heterocycles. The van der Waals surface area contributed by atoms with E-state index in [0.717, 1.165) is 29.8 Å². The Kier molecular flexibility index (Phi) is 10.2. The molecular formula is C19H25IN4O3. The average Bonchev–Trinajstić information content (AvgIpc) is 2.67. The van der Waals surface area contributed by atoms with Gasteiger partial charge in [-0.1, -0.05) is 31.2 Å². The van der Waals surface area contributed by atoms with Gasteiger partial charge in [0.25, 0.3) is 5.69 Å². The van der Waals surface area contributed by atoms with E-state index < -0.39 is 4.92 Å². The molecule has 0 fully saturated rings. The molecule has 0 aliphatic heterocycles. The highest BCUT2D eigenvalue weighted by Crippen LogP contribution is 2.13. The number of nitro benzene ring substituents is 1. The lowest BCUT2D eigenvalue weighted by Crippen LogP contribution is -2.37. The molecule has 0 aliphatic rings. The van der Waals surface area contributed by atoms with E-state index in [1.54, 1.807) is 19.2 Å². The molecule has 0 spiro atoms. The Hall–Kier alpha value is -2.36. The van der Waals surface area contributed by atoms with Crippen molar-refractivity contribution in [1.29, 1.82) is 0 Å². The third-order valence-corrected chi connectivity index (χ3v) is 3.70. The molecule has 2 N–H and O–H groups in total. The van der Waals surface area contributed by atoms with Gasteiger partial charge in [0.1, 0.15) is 5.75 Å². The van der Waals surface area contributed by atoms with Crippen molar-refractivity contribution in [3.05, 3.63) is 69.8 Å². The zero-order valence-electron chi connectivity index (χ0n) is 15.5. The minimum Gasteiger partial charge on any atom is -0.497 e. The van der Waals surface area contributed by atoms with E-state index in [2.05, 4.69) is 22.5 Å².